The fraction of sp³-hybridized carbons (Fsp3) is 1.00. The van der Waals surface area contributed by atoms with Crippen LogP contribution in [0.5, 0.6) is 0 Å². The van der Waals surface area contributed by atoms with Gasteiger partial charge in [-0.2, -0.15) is 0 Å². The Balaban J connectivity index is 1.80. The summed E-state index contributed by atoms with van der Waals surface area (Å²) in [6.45, 7) is 14.7. The first-order chi connectivity index (χ1) is 10.1. The van der Waals surface area contributed by atoms with E-state index in [4.69, 9.17) is 0 Å². The van der Waals surface area contributed by atoms with Gasteiger partial charge in [0.25, 0.3) is 0 Å². The number of nitrogens with one attached hydrogen (secondary N) is 1. The van der Waals surface area contributed by atoms with Crippen LogP contribution in [0, 0.1) is 5.92 Å². The summed E-state index contributed by atoms with van der Waals surface area (Å²) in [5.74, 6) is 0.750. The second kappa shape index (κ2) is 6.17. The molecule has 3 saturated heterocycles. The molecule has 122 valence electrons. The van der Waals surface area contributed by atoms with Crippen molar-refractivity contribution in [3.8, 4) is 0 Å². The quantitative estimate of drug-likeness (QED) is 0.860. The van der Waals surface area contributed by atoms with Gasteiger partial charge in [-0.05, 0) is 44.6 Å². The molecule has 0 aromatic carbocycles. The van der Waals surface area contributed by atoms with E-state index in [0.29, 0.717) is 5.54 Å². The lowest BCUT2D eigenvalue weighted by molar-refractivity contribution is 0.00819. The van der Waals surface area contributed by atoms with Gasteiger partial charge in [-0.1, -0.05) is 27.7 Å². The third-order valence-electron chi connectivity index (χ3n) is 6.72. The first-order valence-electron chi connectivity index (χ1n) is 9.35. The highest BCUT2D eigenvalue weighted by Gasteiger charge is 2.46. The van der Waals surface area contributed by atoms with Crippen LogP contribution in [0.3, 0.4) is 0 Å². The van der Waals surface area contributed by atoms with Gasteiger partial charge in [0, 0.05) is 43.3 Å². The molecule has 3 heteroatoms. The summed E-state index contributed by atoms with van der Waals surface area (Å²) in [5, 5.41) is 3.92. The second-order valence-electron chi connectivity index (χ2n) is 7.95. The molecule has 1 N–H and O–H groups in total. The van der Waals surface area contributed by atoms with Crippen LogP contribution in [0.1, 0.15) is 59.8 Å². The molecule has 0 aromatic rings. The van der Waals surface area contributed by atoms with Crippen LogP contribution in [0.2, 0.25) is 0 Å². The Bertz CT molecular complexity index is 350. The summed E-state index contributed by atoms with van der Waals surface area (Å²) in [6, 6.07) is 2.40. The number of hydrogen-bond donors (Lipinski definition) is 1. The van der Waals surface area contributed by atoms with Crippen molar-refractivity contribution in [1.82, 2.24) is 15.1 Å². The number of fused-ring (bicyclic) bond motifs is 1. The average Bonchev–Trinajstić information content (AvgIpc) is 3.09. The van der Waals surface area contributed by atoms with Gasteiger partial charge in [0.05, 0.1) is 0 Å². The molecule has 3 nitrogen and oxygen atoms in total. The molecular formula is C18H35N3. The molecule has 0 spiro atoms. The maximum absolute atomic E-state index is 3.92. The molecule has 0 bridgehead atoms. The van der Waals surface area contributed by atoms with Crippen molar-refractivity contribution in [2.45, 2.75) is 83.5 Å². The minimum atomic E-state index is 0.359. The molecule has 3 fully saturated rings. The first kappa shape index (κ1) is 15.8. The van der Waals surface area contributed by atoms with Crippen LogP contribution in [-0.2, 0) is 0 Å². The van der Waals surface area contributed by atoms with Crippen LogP contribution < -0.4 is 5.32 Å². The van der Waals surface area contributed by atoms with Gasteiger partial charge in [0.2, 0.25) is 0 Å². The Morgan fingerprint density at radius 3 is 2.52 bits per heavy atom. The molecule has 0 amide bonds. The number of rotatable bonds is 4. The summed E-state index contributed by atoms with van der Waals surface area (Å²) in [7, 11) is 0. The molecule has 0 radical (unpaired) electrons. The Labute approximate surface area is 131 Å². The minimum Gasteiger partial charge on any atom is -0.308 e. The van der Waals surface area contributed by atoms with Gasteiger partial charge >= 0.3 is 0 Å². The molecule has 0 saturated carbocycles. The minimum absolute atomic E-state index is 0.359. The monoisotopic (exact) mass is 293 g/mol. The largest absolute Gasteiger partial charge is 0.308 e. The summed E-state index contributed by atoms with van der Waals surface area (Å²) in [4.78, 5) is 5.70. The maximum atomic E-state index is 3.92. The Morgan fingerprint density at radius 1 is 1.10 bits per heavy atom. The summed E-state index contributed by atoms with van der Waals surface area (Å²) in [5.41, 5.74) is 0.359. The lowest BCUT2D eigenvalue weighted by Crippen LogP contribution is -2.68. The zero-order chi connectivity index (χ0) is 15.0. The van der Waals surface area contributed by atoms with Gasteiger partial charge in [-0.3, -0.25) is 9.80 Å². The highest BCUT2D eigenvalue weighted by atomic mass is 15.3. The molecule has 0 aromatic heterocycles. The van der Waals surface area contributed by atoms with E-state index in [2.05, 4.69) is 42.8 Å². The Kier molecular flexibility index (Phi) is 4.63. The zero-order valence-electron chi connectivity index (χ0n) is 14.6. The normalized spacial score (nSPS) is 37.3. The molecule has 3 unspecified atom stereocenters. The van der Waals surface area contributed by atoms with Crippen molar-refractivity contribution < 1.29 is 0 Å². The van der Waals surface area contributed by atoms with Crippen LogP contribution in [0.15, 0.2) is 0 Å². The predicted octanol–water partition coefficient (Wildman–Crippen LogP) is 2.71. The van der Waals surface area contributed by atoms with E-state index in [9.17, 15) is 0 Å². The zero-order valence-corrected chi connectivity index (χ0v) is 14.6. The van der Waals surface area contributed by atoms with Gasteiger partial charge in [0.15, 0.2) is 0 Å². The van der Waals surface area contributed by atoms with Crippen molar-refractivity contribution >= 4 is 0 Å². The molecule has 3 aliphatic heterocycles. The lowest BCUT2D eigenvalue weighted by atomic mass is 9.84. The van der Waals surface area contributed by atoms with E-state index in [0.717, 1.165) is 24.0 Å². The fourth-order valence-corrected chi connectivity index (χ4v) is 5.11. The van der Waals surface area contributed by atoms with Crippen LogP contribution in [-0.4, -0.2) is 59.6 Å². The summed E-state index contributed by atoms with van der Waals surface area (Å²) >= 11 is 0. The van der Waals surface area contributed by atoms with Gasteiger partial charge < -0.3 is 5.32 Å². The fourth-order valence-electron chi connectivity index (χ4n) is 5.11. The molecule has 21 heavy (non-hydrogen) atoms. The Hall–Kier alpha value is -0.120. The number of hydrogen-bond acceptors (Lipinski definition) is 3. The second-order valence-corrected chi connectivity index (χ2v) is 7.95. The summed E-state index contributed by atoms with van der Waals surface area (Å²) in [6.07, 6.45) is 6.77. The standard InChI is InChI=1S/C18H35N3/c1-5-18(6-2)13-21(17(12-19-18)14(3)4)16-9-11-20-10-7-8-15(16)20/h14-17,19H,5-13H2,1-4H3. The highest BCUT2D eigenvalue weighted by molar-refractivity contribution is 5.05. The predicted molar refractivity (Wildman–Crippen MR) is 89.6 cm³/mol. The van der Waals surface area contributed by atoms with Gasteiger partial charge in [-0.25, -0.2) is 0 Å². The van der Waals surface area contributed by atoms with Gasteiger partial charge in [-0.15, -0.1) is 0 Å². The molecule has 3 aliphatic rings. The van der Waals surface area contributed by atoms with Crippen molar-refractivity contribution in [2.75, 3.05) is 26.2 Å². The number of piperazine rings is 1. The van der Waals surface area contributed by atoms with Crippen molar-refractivity contribution in [1.29, 1.82) is 0 Å². The van der Waals surface area contributed by atoms with Crippen LogP contribution in [0.25, 0.3) is 0 Å². The van der Waals surface area contributed by atoms with E-state index in [1.54, 1.807) is 0 Å². The summed E-state index contributed by atoms with van der Waals surface area (Å²) < 4.78 is 0. The van der Waals surface area contributed by atoms with E-state index >= 15 is 0 Å². The smallest absolute Gasteiger partial charge is 0.0304 e. The molecule has 3 atom stereocenters. The molecule has 0 aliphatic carbocycles. The molecule has 3 rings (SSSR count). The maximum Gasteiger partial charge on any atom is 0.0304 e. The van der Waals surface area contributed by atoms with Crippen molar-refractivity contribution in [3.63, 3.8) is 0 Å². The third kappa shape index (κ3) is 2.77. The molecule has 3 heterocycles. The number of nitrogens with zero attached hydrogens (tertiary/aromatic N) is 2. The van der Waals surface area contributed by atoms with E-state index in [-0.39, 0.29) is 0 Å². The van der Waals surface area contributed by atoms with Crippen LogP contribution >= 0.6 is 0 Å². The average molecular weight is 293 g/mol. The Morgan fingerprint density at radius 2 is 1.86 bits per heavy atom. The van der Waals surface area contributed by atoms with Crippen molar-refractivity contribution in [3.05, 3.63) is 0 Å². The van der Waals surface area contributed by atoms with Crippen molar-refractivity contribution in [2.24, 2.45) is 5.92 Å². The van der Waals surface area contributed by atoms with E-state index in [1.165, 1.54) is 58.3 Å². The lowest BCUT2D eigenvalue weighted by Gasteiger charge is -2.52. The highest BCUT2D eigenvalue weighted by Crippen LogP contribution is 2.36. The van der Waals surface area contributed by atoms with Crippen LogP contribution in [0.4, 0.5) is 0 Å². The third-order valence-corrected chi connectivity index (χ3v) is 6.72. The SMILES string of the molecule is CCC1(CC)CN(C2CCN3CCCC23)C(C(C)C)CN1. The molecular weight excluding hydrogens is 258 g/mol. The van der Waals surface area contributed by atoms with Gasteiger partial charge in [0.1, 0.15) is 0 Å². The van der Waals surface area contributed by atoms with E-state index < -0.39 is 0 Å². The topological polar surface area (TPSA) is 18.5 Å². The van der Waals surface area contributed by atoms with E-state index in [1.807, 2.05) is 0 Å². The first-order valence-corrected chi connectivity index (χ1v) is 9.35.